The van der Waals surface area contributed by atoms with Crippen molar-refractivity contribution in [2.45, 2.75) is 18.9 Å². The van der Waals surface area contributed by atoms with Crippen LogP contribution in [0.5, 0.6) is 0 Å². The van der Waals surface area contributed by atoms with E-state index in [1.54, 1.807) is 23.3 Å². The molecule has 2 heterocycles. The average molecular weight is 232 g/mol. The molecule has 0 radical (unpaired) electrons. The highest BCUT2D eigenvalue weighted by Gasteiger charge is 2.22. The molecule has 1 aliphatic carbocycles. The molecule has 8 heteroatoms. The first-order chi connectivity index (χ1) is 8.35. The lowest BCUT2D eigenvalue weighted by Crippen LogP contribution is -2.16. The third kappa shape index (κ3) is 2.16. The lowest BCUT2D eigenvalue weighted by atomic mass is 10.7. The van der Waals surface area contributed by atoms with Crippen LogP contribution in [0.4, 0.5) is 11.9 Å². The molecule has 1 aliphatic rings. The first-order valence-corrected chi connectivity index (χ1v) is 5.33. The Balaban J connectivity index is 1.96. The lowest BCUT2D eigenvalue weighted by Gasteiger charge is -2.07. The first-order valence-electron chi connectivity index (χ1n) is 5.33. The molecular weight excluding hydrogens is 220 g/mol. The maximum atomic E-state index is 5.33. The zero-order valence-corrected chi connectivity index (χ0v) is 9.04. The fraction of sp³-hybridized carbons (Fsp3) is 0.333. The van der Waals surface area contributed by atoms with Crippen LogP contribution in [0.15, 0.2) is 18.7 Å². The molecule has 0 bridgehead atoms. The number of nitrogen functional groups attached to an aromatic ring is 1. The standard InChI is InChI=1S/C9H12N8/c10-16-8-13-7(12-6-1-2-6)14-9(15-8)17-4-3-11-5-17/h3-6H,1-2,10H2,(H2,12,13,14,15,16). The molecular formula is C9H12N8. The lowest BCUT2D eigenvalue weighted by molar-refractivity contribution is 0.887. The second-order valence-corrected chi connectivity index (χ2v) is 3.82. The number of anilines is 2. The fourth-order valence-electron chi connectivity index (χ4n) is 1.40. The summed E-state index contributed by atoms with van der Waals surface area (Å²) < 4.78 is 1.70. The molecule has 0 aliphatic heterocycles. The van der Waals surface area contributed by atoms with Crippen molar-refractivity contribution in [2.24, 2.45) is 5.84 Å². The molecule has 0 unspecified atom stereocenters. The number of nitrogens with two attached hydrogens (primary N) is 1. The van der Waals surface area contributed by atoms with Crippen LogP contribution in [-0.2, 0) is 0 Å². The van der Waals surface area contributed by atoms with Gasteiger partial charge in [0.05, 0.1) is 0 Å². The van der Waals surface area contributed by atoms with Crippen molar-refractivity contribution in [3.05, 3.63) is 18.7 Å². The molecule has 0 atom stereocenters. The van der Waals surface area contributed by atoms with Gasteiger partial charge < -0.3 is 5.32 Å². The quantitative estimate of drug-likeness (QED) is 0.499. The Bertz CT molecular complexity index is 504. The van der Waals surface area contributed by atoms with Gasteiger partial charge in [0.25, 0.3) is 0 Å². The van der Waals surface area contributed by atoms with Crippen LogP contribution >= 0.6 is 0 Å². The van der Waals surface area contributed by atoms with Crippen LogP contribution in [0, 0.1) is 0 Å². The summed E-state index contributed by atoms with van der Waals surface area (Å²) in [5.41, 5.74) is 2.43. The first kappa shape index (κ1) is 9.97. The van der Waals surface area contributed by atoms with E-state index in [4.69, 9.17) is 5.84 Å². The van der Waals surface area contributed by atoms with Crippen LogP contribution in [0.2, 0.25) is 0 Å². The smallest absolute Gasteiger partial charge is 0.243 e. The maximum absolute atomic E-state index is 5.33. The van der Waals surface area contributed by atoms with Crippen molar-refractivity contribution in [3.63, 3.8) is 0 Å². The molecule has 0 saturated heterocycles. The summed E-state index contributed by atoms with van der Waals surface area (Å²) >= 11 is 0. The normalized spacial score (nSPS) is 14.6. The van der Waals surface area contributed by atoms with Crippen LogP contribution in [0.1, 0.15) is 12.8 Å². The van der Waals surface area contributed by atoms with Gasteiger partial charge in [0.2, 0.25) is 17.8 Å². The Morgan fingerprint density at radius 3 is 2.71 bits per heavy atom. The number of rotatable bonds is 4. The highest BCUT2D eigenvalue weighted by molar-refractivity contribution is 5.38. The van der Waals surface area contributed by atoms with E-state index in [0.717, 1.165) is 12.8 Å². The molecule has 1 fully saturated rings. The van der Waals surface area contributed by atoms with E-state index in [2.05, 4.69) is 30.7 Å². The van der Waals surface area contributed by atoms with Crippen molar-refractivity contribution in [2.75, 3.05) is 10.7 Å². The van der Waals surface area contributed by atoms with Gasteiger partial charge in [-0.1, -0.05) is 0 Å². The Labute approximate surface area is 97.3 Å². The minimum absolute atomic E-state index is 0.326. The Kier molecular flexibility index (Phi) is 2.33. The molecule has 2 aromatic heterocycles. The van der Waals surface area contributed by atoms with Crippen molar-refractivity contribution < 1.29 is 0 Å². The van der Waals surface area contributed by atoms with Gasteiger partial charge >= 0.3 is 0 Å². The summed E-state index contributed by atoms with van der Waals surface area (Å²) in [6.45, 7) is 0. The molecule has 8 nitrogen and oxygen atoms in total. The van der Waals surface area contributed by atoms with E-state index in [9.17, 15) is 0 Å². The number of hydrogen-bond acceptors (Lipinski definition) is 7. The van der Waals surface area contributed by atoms with Gasteiger partial charge in [-0.05, 0) is 12.8 Å². The molecule has 17 heavy (non-hydrogen) atoms. The van der Waals surface area contributed by atoms with Gasteiger partial charge in [-0.15, -0.1) is 0 Å². The molecule has 88 valence electrons. The van der Waals surface area contributed by atoms with E-state index in [-0.39, 0.29) is 0 Å². The Morgan fingerprint density at radius 1 is 1.24 bits per heavy atom. The number of imidazole rings is 1. The van der Waals surface area contributed by atoms with Crippen LogP contribution in [0.3, 0.4) is 0 Å². The zero-order chi connectivity index (χ0) is 11.7. The minimum Gasteiger partial charge on any atom is -0.351 e. The summed E-state index contributed by atoms with van der Waals surface area (Å²) in [6.07, 6.45) is 7.34. The molecule has 1 saturated carbocycles. The highest BCUT2D eigenvalue weighted by Crippen LogP contribution is 2.23. The molecule has 3 rings (SSSR count). The van der Waals surface area contributed by atoms with Crippen molar-refractivity contribution in [1.29, 1.82) is 0 Å². The van der Waals surface area contributed by atoms with Crippen molar-refractivity contribution in [1.82, 2.24) is 24.5 Å². The monoisotopic (exact) mass is 232 g/mol. The minimum atomic E-state index is 0.326. The predicted octanol–water partition coefficient (Wildman–Crippen LogP) is -0.0828. The number of nitrogens with zero attached hydrogens (tertiary/aromatic N) is 5. The largest absolute Gasteiger partial charge is 0.351 e. The van der Waals surface area contributed by atoms with Crippen molar-refractivity contribution in [3.8, 4) is 5.95 Å². The summed E-state index contributed by atoms with van der Waals surface area (Å²) in [6, 6.07) is 0.471. The SMILES string of the molecule is NNc1nc(NC2CC2)nc(-n2ccnc2)n1. The maximum Gasteiger partial charge on any atom is 0.243 e. The van der Waals surface area contributed by atoms with Gasteiger partial charge in [0.15, 0.2) is 0 Å². The van der Waals surface area contributed by atoms with E-state index >= 15 is 0 Å². The zero-order valence-electron chi connectivity index (χ0n) is 9.04. The third-order valence-electron chi connectivity index (χ3n) is 2.40. The fourth-order valence-corrected chi connectivity index (χ4v) is 1.40. The summed E-state index contributed by atoms with van der Waals surface area (Å²) in [5.74, 6) is 6.66. The van der Waals surface area contributed by atoms with E-state index in [1.807, 2.05) is 0 Å². The molecule has 4 N–H and O–H groups in total. The van der Waals surface area contributed by atoms with E-state index in [1.165, 1.54) is 0 Å². The summed E-state index contributed by atoms with van der Waals surface area (Å²) in [7, 11) is 0. The average Bonchev–Trinajstić information content (AvgIpc) is 2.99. The predicted molar refractivity (Wildman–Crippen MR) is 61.4 cm³/mol. The second kappa shape index (κ2) is 3.98. The van der Waals surface area contributed by atoms with Gasteiger partial charge in [0.1, 0.15) is 6.33 Å². The molecule has 0 amide bonds. The highest BCUT2D eigenvalue weighted by atomic mass is 15.4. The van der Waals surface area contributed by atoms with Gasteiger partial charge in [-0.2, -0.15) is 15.0 Å². The Morgan fingerprint density at radius 2 is 2.06 bits per heavy atom. The molecule has 2 aromatic rings. The summed E-state index contributed by atoms with van der Waals surface area (Å²) in [5, 5.41) is 3.20. The van der Waals surface area contributed by atoms with Crippen LogP contribution < -0.4 is 16.6 Å². The number of hydrazine groups is 1. The third-order valence-corrected chi connectivity index (χ3v) is 2.40. The topological polar surface area (TPSA) is 107 Å². The second-order valence-electron chi connectivity index (χ2n) is 3.82. The number of hydrogen-bond donors (Lipinski definition) is 3. The molecule has 0 spiro atoms. The van der Waals surface area contributed by atoms with Gasteiger partial charge in [-0.3, -0.25) is 9.99 Å². The Hall–Kier alpha value is -2.22. The van der Waals surface area contributed by atoms with Gasteiger partial charge in [-0.25, -0.2) is 10.8 Å². The summed E-state index contributed by atoms with van der Waals surface area (Å²) in [4.78, 5) is 16.5. The number of nitrogens with one attached hydrogen (secondary N) is 2. The van der Waals surface area contributed by atoms with E-state index < -0.39 is 0 Å². The number of aromatic nitrogens is 5. The van der Waals surface area contributed by atoms with E-state index in [0.29, 0.717) is 23.9 Å². The van der Waals surface area contributed by atoms with Gasteiger partial charge in [0, 0.05) is 18.4 Å². The van der Waals surface area contributed by atoms with Crippen LogP contribution in [0.25, 0.3) is 5.95 Å². The molecule has 0 aromatic carbocycles. The van der Waals surface area contributed by atoms with Crippen molar-refractivity contribution >= 4 is 11.9 Å². The van der Waals surface area contributed by atoms with Crippen LogP contribution in [-0.4, -0.2) is 30.5 Å².